The summed E-state index contributed by atoms with van der Waals surface area (Å²) in [5, 5.41) is 0. The number of nitrogen functional groups attached to an aromatic ring is 1. The summed E-state index contributed by atoms with van der Waals surface area (Å²) in [7, 11) is 1.94. The molecule has 0 bridgehead atoms. The van der Waals surface area contributed by atoms with E-state index >= 15 is 0 Å². The number of nitrogens with two attached hydrogens (primary N) is 1. The topological polar surface area (TPSA) is 43.8 Å². The lowest BCUT2D eigenvalue weighted by atomic mass is 10.1. The van der Waals surface area contributed by atoms with Crippen LogP contribution in [0.1, 0.15) is 0 Å². The molecule has 3 nitrogen and oxygen atoms in total. The molecule has 0 aliphatic carbocycles. The fourth-order valence-electron chi connectivity index (χ4n) is 1.40. The van der Waals surface area contributed by atoms with Crippen molar-refractivity contribution >= 4 is 5.82 Å². The second-order valence-electron chi connectivity index (χ2n) is 2.96. The maximum absolute atomic E-state index is 5.74. The minimum absolute atomic E-state index is 0.578. The Balaban J connectivity index is 2.59. The highest BCUT2D eigenvalue weighted by Gasteiger charge is 2.06. The standard InChI is InChI=1S/C10H11N3/c1-13-7-12-10(11)9(13)8-5-3-2-4-6-8/h2-7H,11H2,1H3. The van der Waals surface area contributed by atoms with E-state index in [1.54, 1.807) is 6.33 Å². The molecule has 0 saturated carbocycles. The molecule has 1 aromatic carbocycles. The van der Waals surface area contributed by atoms with Crippen molar-refractivity contribution in [3.05, 3.63) is 36.7 Å². The average Bonchev–Trinajstić information content (AvgIpc) is 2.48. The number of anilines is 1. The zero-order valence-corrected chi connectivity index (χ0v) is 7.44. The quantitative estimate of drug-likeness (QED) is 0.712. The van der Waals surface area contributed by atoms with Gasteiger partial charge in [0.05, 0.1) is 12.0 Å². The third-order valence-electron chi connectivity index (χ3n) is 2.01. The number of aryl methyl sites for hydroxylation is 1. The van der Waals surface area contributed by atoms with Crippen molar-refractivity contribution in [1.82, 2.24) is 9.55 Å². The van der Waals surface area contributed by atoms with Gasteiger partial charge in [-0.1, -0.05) is 30.3 Å². The van der Waals surface area contributed by atoms with Gasteiger partial charge in [-0.25, -0.2) is 4.98 Å². The molecule has 1 heterocycles. The number of imidazole rings is 1. The Morgan fingerprint density at radius 3 is 2.46 bits per heavy atom. The van der Waals surface area contributed by atoms with Crippen LogP contribution in [0.4, 0.5) is 5.82 Å². The van der Waals surface area contributed by atoms with Crippen LogP contribution in [0.15, 0.2) is 36.7 Å². The molecule has 0 amide bonds. The van der Waals surface area contributed by atoms with Crippen molar-refractivity contribution in [1.29, 1.82) is 0 Å². The first-order valence-electron chi connectivity index (χ1n) is 4.11. The molecule has 0 atom stereocenters. The van der Waals surface area contributed by atoms with Crippen molar-refractivity contribution in [2.24, 2.45) is 7.05 Å². The Labute approximate surface area is 76.8 Å². The molecule has 3 heteroatoms. The van der Waals surface area contributed by atoms with Crippen LogP contribution in [0.3, 0.4) is 0 Å². The zero-order valence-electron chi connectivity index (χ0n) is 7.44. The molecule has 0 spiro atoms. The van der Waals surface area contributed by atoms with Gasteiger partial charge < -0.3 is 10.3 Å². The van der Waals surface area contributed by atoms with Crippen molar-refractivity contribution < 1.29 is 0 Å². The molecule has 1 aromatic heterocycles. The Bertz CT molecular complexity index is 384. The maximum Gasteiger partial charge on any atom is 0.149 e. The van der Waals surface area contributed by atoms with E-state index in [1.165, 1.54) is 0 Å². The highest BCUT2D eigenvalue weighted by Crippen LogP contribution is 2.23. The molecular formula is C10H11N3. The summed E-state index contributed by atoms with van der Waals surface area (Å²) in [4.78, 5) is 4.03. The van der Waals surface area contributed by atoms with E-state index in [1.807, 2.05) is 41.9 Å². The van der Waals surface area contributed by atoms with Gasteiger partial charge in [0.25, 0.3) is 0 Å². The molecule has 13 heavy (non-hydrogen) atoms. The Kier molecular flexibility index (Phi) is 1.77. The molecule has 66 valence electrons. The molecule has 0 radical (unpaired) electrons. The number of rotatable bonds is 1. The minimum Gasteiger partial charge on any atom is -0.382 e. The summed E-state index contributed by atoms with van der Waals surface area (Å²) >= 11 is 0. The van der Waals surface area contributed by atoms with Gasteiger partial charge in [0, 0.05) is 12.6 Å². The first-order chi connectivity index (χ1) is 6.29. The number of benzene rings is 1. The van der Waals surface area contributed by atoms with Crippen LogP contribution in [-0.4, -0.2) is 9.55 Å². The number of hydrogen-bond donors (Lipinski definition) is 1. The molecule has 2 aromatic rings. The first-order valence-corrected chi connectivity index (χ1v) is 4.11. The third-order valence-corrected chi connectivity index (χ3v) is 2.01. The Morgan fingerprint density at radius 2 is 1.92 bits per heavy atom. The summed E-state index contributed by atoms with van der Waals surface area (Å²) in [6.45, 7) is 0. The highest BCUT2D eigenvalue weighted by molar-refractivity contribution is 5.70. The molecule has 0 fully saturated rings. The molecule has 0 aliphatic rings. The van der Waals surface area contributed by atoms with Crippen LogP contribution in [0, 0.1) is 0 Å². The SMILES string of the molecule is Cn1cnc(N)c1-c1ccccc1. The number of aromatic nitrogens is 2. The Hall–Kier alpha value is -1.77. The van der Waals surface area contributed by atoms with Crippen LogP contribution in [0.2, 0.25) is 0 Å². The molecule has 0 unspecified atom stereocenters. The van der Waals surface area contributed by atoms with Gasteiger partial charge in [0.2, 0.25) is 0 Å². The van der Waals surface area contributed by atoms with E-state index in [4.69, 9.17) is 5.73 Å². The molecule has 2 N–H and O–H groups in total. The number of hydrogen-bond acceptors (Lipinski definition) is 2. The van der Waals surface area contributed by atoms with Crippen molar-refractivity contribution in [3.8, 4) is 11.3 Å². The van der Waals surface area contributed by atoms with Gasteiger partial charge in [-0.05, 0) is 0 Å². The molecule has 0 saturated heterocycles. The summed E-state index contributed by atoms with van der Waals surface area (Å²) in [5.74, 6) is 0.578. The smallest absolute Gasteiger partial charge is 0.149 e. The van der Waals surface area contributed by atoms with Crippen LogP contribution >= 0.6 is 0 Å². The second kappa shape index (κ2) is 2.94. The van der Waals surface area contributed by atoms with E-state index in [9.17, 15) is 0 Å². The summed E-state index contributed by atoms with van der Waals surface area (Å²) < 4.78 is 1.92. The van der Waals surface area contributed by atoms with Crippen molar-refractivity contribution in [2.45, 2.75) is 0 Å². The van der Waals surface area contributed by atoms with Crippen LogP contribution in [-0.2, 0) is 7.05 Å². The van der Waals surface area contributed by atoms with Crippen LogP contribution in [0.5, 0.6) is 0 Å². The van der Waals surface area contributed by atoms with E-state index in [2.05, 4.69) is 4.98 Å². The summed E-state index contributed by atoms with van der Waals surface area (Å²) in [6.07, 6.45) is 1.72. The van der Waals surface area contributed by atoms with Crippen LogP contribution < -0.4 is 5.73 Å². The minimum atomic E-state index is 0.578. The monoisotopic (exact) mass is 173 g/mol. The summed E-state index contributed by atoms with van der Waals surface area (Å²) in [6, 6.07) is 10.0. The van der Waals surface area contributed by atoms with Gasteiger partial charge in [0.15, 0.2) is 0 Å². The molecule has 2 rings (SSSR count). The summed E-state index contributed by atoms with van der Waals surface area (Å²) in [5.41, 5.74) is 7.81. The predicted octanol–water partition coefficient (Wildman–Crippen LogP) is 1.67. The fraction of sp³-hybridized carbons (Fsp3) is 0.100. The number of nitrogens with zero attached hydrogens (tertiary/aromatic N) is 2. The van der Waals surface area contributed by atoms with Crippen molar-refractivity contribution in [3.63, 3.8) is 0 Å². The fourth-order valence-corrected chi connectivity index (χ4v) is 1.40. The van der Waals surface area contributed by atoms with Gasteiger partial charge in [0.1, 0.15) is 5.82 Å². The van der Waals surface area contributed by atoms with Gasteiger partial charge in [-0.3, -0.25) is 0 Å². The van der Waals surface area contributed by atoms with Gasteiger partial charge in [-0.2, -0.15) is 0 Å². The molecule has 0 aliphatic heterocycles. The molecular weight excluding hydrogens is 162 g/mol. The van der Waals surface area contributed by atoms with E-state index in [-0.39, 0.29) is 0 Å². The lowest BCUT2D eigenvalue weighted by Crippen LogP contribution is -1.93. The van der Waals surface area contributed by atoms with Gasteiger partial charge >= 0.3 is 0 Å². The largest absolute Gasteiger partial charge is 0.382 e. The average molecular weight is 173 g/mol. The first kappa shape index (κ1) is 7.86. The maximum atomic E-state index is 5.74. The Morgan fingerprint density at radius 1 is 1.23 bits per heavy atom. The third kappa shape index (κ3) is 1.28. The van der Waals surface area contributed by atoms with E-state index in [0.29, 0.717) is 5.82 Å². The van der Waals surface area contributed by atoms with Crippen molar-refractivity contribution in [2.75, 3.05) is 5.73 Å². The van der Waals surface area contributed by atoms with Crippen LogP contribution in [0.25, 0.3) is 11.3 Å². The normalized spacial score (nSPS) is 10.2. The highest BCUT2D eigenvalue weighted by atomic mass is 15.1. The van der Waals surface area contributed by atoms with E-state index < -0.39 is 0 Å². The van der Waals surface area contributed by atoms with E-state index in [0.717, 1.165) is 11.3 Å². The lowest BCUT2D eigenvalue weighted by molar-refractivity contribution is 0.921. The second-order valence-corrected chi connectivity index (χ2v) is 2.96. The zero-order chi connectivity index (χ0) is 9.26. The van der Waals surface area contributed by atoms with Gasteiger partial charge in [-0.15, -0.1) is 0 Å². The predicted molar refractivity (Wildman–Crippen MR) is 53.1 cm³/mol. The lowest BCUT2D eigenvalue weighted by Gasteiger charge is -2.02.